The van der Waals surface area contributed by atoms with Crippen LogP contribution in [0.15, 0.2) is 24.3 Å². The normalized spacial score (nSPS) is 18.2. The molecule has 3 amide bonds. The van der Waals surface area contributed by atoms with E-state index in [1.54, 1.807) is 6.07 Å². The molecular weight excluding hydrogens is 430 g/mol. The van der Waals surface area contributed by atoms with Crippen LogP contribution in [0.1, 0.15) is 75.3 Å². The lowest BCUT2D eigenvalue weighted by molar-refractivity contribution is -0.125. The van der Waals surface area contributed by atoms with Gasteiger partial charge in [-0.05, 0) is 61.3 Å². The van der Waals surface area contributed by atoms with Gasteiger partial charge in [-0.25, -0.2) is 0 Å². The first kappa shape index (κ1) is 25.3. The molecule has 0 bridgehead atoms. The molecule has 4 N–H and O–H groups in total. The van der Waals surface area contributed by atoms with Crippen LogP contribution in [-0.4, -0.2) is 41.3 Å². The van der Waals surface area contributed by atoms with Gasteiger partial charge in [0.2, 0.25) is 11.8 Å². The van der Waals surface area contributed by atoms with Gasteiger partial charge in [-0.15, -0.1) is 0 Å². The molecule has 8 nitrogen and oxygen atoms in total. The van der Waals surface area contributed by atoms with Gasteiger partial charge in [0.15, 0.2) is 0 Å². The predicted molar refractivity (Wildman–Crippen MR) is 131 cm³/mol. The Morgan fingerprint density at radius 2 is 1.97 bits per heavy atom. The number of amides is 3. The number of hydrogen-bond acceptors (Lipinski definition) is 4. The first-order valence-electron chi connectivity index (χ1n) is 12.1. The smallest absolute Gasteiger partial charge is 0.268 e. The average Bonchev–Trinajstić information content (AvgIpc) is 3.42. The van der Waals surface area contributed by atoms with Gasteiger partial charge in [0.1, 0.15) is 17.8 Å². The molecule has 1 saturated heterocycles. The van der Waals surface area contributed by atoms with Gasteiger partial charge >= 0.3 is 0 Å². The Bertz CT molecular complexity index is 1080. The molecule has 0 aliphatic carbocycles. The number of rotatable bonds is 10. The topological polar surface area (TPSA) is 127 Å². The quantitative estimate of drug-likeness (QED) is 0.429. The van der Waals surface area contributed by atoms with Crippen LogP contribution in [0.5, 0.6) is 0 Å². The van der Waals surface area contributed by atoms with E-state index in [1.165, 1.54) is 5.56 Å². The summed E-state index contributed by atoms with van der Waals surface area (Å²) in [6.45, 7) is 8.84. The van der Waals surface area contributed by atoms with Crippen molar-refractivity contribution in [2.75, 3.05) is 6.54 Å². The van der Waals surface area contributed by atoms with Gasteiger partial charge < -0.3 is 20.9 Å². The molecule has 34 heavy (non-hydrogen) atoms. The Hall–Kier alpha value is -3.34. The minimum atomic E-state index is -0.792. The highest BCUT2D eigenvalue weighted by Gasteiger charge is 2.30. The molecule has 1 aromatic carbocycles. The van der Waals surface area contributed by atoms with Crippen LogP contribution < -0.4 is 16.0 Å². The van der Waals surface area contributed by atoms with E-state index < -0.39 is 18.0 Å². The maximum atomic E-state index is 13.0. The number of benzene rings is 1. The van der Waals surface area contributed by atoms with Crippen molar-refractivity contribution in [2.45, 2.75) is 71.4 Å². The number of nitriles is 1. The second kappa shape index (κ2) is 11.2. The maximum absolute atomic E-state index is 13.0. The van der Waals surface area contributed by atoms with Crippen LogP contribution in [0.3, 0.4) is 0 Å². The van der Waals surface area contributed by atoms with Crippen LogP contribution in [0.25, 0.3) is 10.9 Å². The van der Waals surface area contributed by atoms with Gasteiger partial charge in [-0.2, -0.15) is 5.26 Å². The largest absolute Gasteiger partial charge is 0.356 e. The Morgan fingerprint density at radius 1 is 1.21 bits per heavy atom. The number of nitrogens with one attached hydrogen (secondary N) is 4. The van der Waals surface area contributed by atoms with E-state index in [0.29, 0.717) is 31.0 Å². The lowest BCUT2D eigenvalue weighted by Gasteiger charge is -2.22. The number of nitrogens with zero attached hydrogens (tertiary/aromatic N) is 1. The molecule has 4 atom stereocenters. The number of carbonyl (C=O) groups excluding carboxylic acids is 3. The molecule has 1 aromatic heterocycles. The fourth-order valence-corrected chi connectivity index (χ4v) is 4.33. The summed E-state index contributed by atoms with van der Waals surface area (Å²) in [7, 11) is 0. The lowest BCUT2D eigenvalue weighted by atomic mass is 9.97. The Labute approximate surface area is 200 Å². The van der Waals surface area contributed by atoms with E-state index >= 15 is 0 Å². The molecule has 1 aliphatic heterocycles. The van der Waals surface area contributed by atoms with Crippen LogP contribution in [-0.2, 0) is 9.59 Å². The molecule has 0 spiro atoms. The van der Waals surface area contributed by atoms with E-state index in [1.807, 2.05) is 19.9 Å². The van der Waals surface area contributed by atoms with Crippen molar-refractivity contribution in [3.05, 3.63) is 35.5 Å². The van der Waals surface area contributed by atoms with Gasteiger partial charge in [0.25, 0.3) is 5.91 Å². The first-order valence-corrected chi connectivity index (χ1v) is 12.1. The van der Waals surface area contributed by atoms with Crippen molar-refractivity contribution in [3.8, 4) is 6.07 Å². The third kappa shape index (κ3) is 6.16. The van der Waals surface area contributed by atoms with Crippen molar-refractivity contribution >= 4 is 28.6 Å². The molecular formula is C26H35N5O3. The summed E-state index contributed by atoms with van der Waals surface area (Å²) in [5, 5.41) is 18.8. The second-order valence-electron chi connectivity index (χ2n) is 9.70. The van der Waals surface area contributed by atoms with Crippen molar-refractivity contribution in [2.24, 2.45) is 11.8 Å². The fraction of sp³-hybridized carbons (Fsp3) is 0.538. The number of fused-ring (bicyclic) bond motifs is 1. The zero-order chi connectivity index (χ0) is 24.8. The Morgan fingerprint density at radius 3 is 2.59 bits per heavy atom. The van der Waals surface area contributed by atoms with E-state index in [2.05, 4.69) is 53.0 Å². The second-order valence-corrected chi connectivity index (χ2v) is 9.70. The monoisotopic (exact) mass is 465 g/mol. The number of aromatic nitrogens is 1. The third-order valence-corrected chi connectivity index (χ3v) is 6.56. The van der Waals surface area contributed by atoms with Gasteiger partial charge in [-0.3, -0.25) is 14.4 Å². The minimum Gasteiger partial charge on any atom is -0.356 e. The highest BCUT2D eigenvalue weighted by Crippen LogP contribution is 2.24. The molecule has 0 radical (unpaired) electrons. The van der Waals surface area contributed by atoms with Crippen LogP contribution in [0.4, 0.5) is 0 Å². The number of aromatic amines is 1. The first-order chi connectivity index (χ1) is 16.2. The maximum Gasteiger partial charge on any atom is 0.268 e. The SMILES string of the molecule is CCC(C)c1ccc2[nH]c(C(=O)N[C@@H](CC(C)C)C(=O)N[C@H](C#N)C[C@@H]3CCNC3=O)cc2c1. The number of carbonyl (C=O) groups is 3. The number of hydrogen-bond donors (Lipinski definition) is 4. The fourth-order valence-electron chi connectivity index (χ4n) is 4.33. The Balaban J connectivity index is 1.71. The summed E-state index contributed by atoms with van der Waals surface area (Å²) in [6.07, 6.45) is 2.37. The van der Waals surface area contributed by atoms with E-state index in [0.717, 1.165) is 17.3 Å². The van der Waals surface area contributed by atoms with Gasteiger partial charge in [0, 0.05) is 23.4 Å². The molecule has 1 unspecified atom stereocenters. The summed E-state index contributed by atoms with van der Waals surface area (Å²) in [4.78, 5) is 41.0. The third-order valence-electron chi connectivity index (χ3n) is 6.56. The van der Waals surface area contributed by atoms with Crippen molar-refractivity contribution < 1.29 is 14.4 Å². The van der Waals surface area contributed by atoms with Crippen molar-refractivity contribution in [1.29, 1.82) is 5.26 Å². The standard InChI is InChI=1S/C26H35N5O3/c1-5-16(4)17-6-7-21-19(11-17)13-23(30-21)26(34)31-22(10-15(2)3)25(33)29-20(14-27)12-18-8-9-28-24(18)32/h6-7,11,13,15-16,18,20,22,30H,5,8-10,12H2,1-4H3,(H,28,32)(H,29,33)(H,31,34)/t16?,18-,20-,22-/m0/s1. The number of H-pyrrole nitrogens is 1. The van der Waals surface area contributed by atoms with Gasteiger partial charge in [0.05, 0.1) is 6.07 Å². The average molecular weight is 466 g/mol. The van der Waals surface area contributed by atoms with Crippen molar-refractivity contribution in [1.82, 2.24) is 20.9 Å². The van der Waals surface area contributed by atoms with Crippen LogP contribution >= 0.6 is 0 Å². The van der Waals surface area contributed by atoms with Crippen LogP contribution in [0, 0.1) is 23.2 Å². The van der Waals surface area contributed by atoms with Crippen molar-refractivity contribution in [3.63, 3.8) is 0 Å². The molecule has 3 rings (SSSR count). The molecule has 2 aromatic rings. The molecule has 2 heterocycles. The molecule has 1 fully saturated rings. The minimum absolute atomic E-state index is 0.0863. The zero-order valence-corrected chi connectivity index (χ0v) is 20.4. The van der Waals surface area contributed by atoms with E-state index in [4.69, 9.17) is 0 Å². The summed E-state index contributed by atoms with van der Waals surface area (Å²) >= 11 is 0. The summed E-state index contributed by atoms with van der Waals surface area (Å²) in [5.74, 6) is -0.573. The van der Waals surface area contributed by atoms with E-state index in [-0.39, 0.29) is 30.1 Å². The zero-order valence-electron chi connectivity index (χ0n) is 20.4. The Kier molecular flexibility index (Phi) is 8.32. The lowest BCUT2D eigenvalue weighted by Crippen LogP contribution is -2.50. The molecule has 0 saturated carbocycles. The van der Waals surface area contributed by atoms with Crippen LogP contribution in [0.2, 0.25) is 0 Å². The molecule has 182 valence electrons. The predicted octanol–water partition coefficient (Wildman–Crippen LogP) is 3.36. The summed E-state index contributed by atoms with van der Waals surface area (Å²) in [6, 6.07) is 8.43. The summed E-state index contributed by atoms with van der Waals surface area (Å²) in [5.41, 5.74) is 2.47. The summed E-state index contributed by atoms with van der Waals surface area (Å²) < 4.78 is 0. The highest BCUT2D eigenvalue weighted by molar-refractivity contribution is 6.00. The molecule has 1 aliphatic rings. The molecule has 8 heteroatoms. The van der Waals surface area contributed by atoms with Gasteiger partial charge in [-0.1, -0.05) is 33.8 Å². The highest BCUT2D eigenvalue weighted by atomic mass is 16.2. The van der Waals surface area contributed by atoms with E-state index in [9.17, 15) is 19.6 Å².